The molecule has 1 aliphatic heterocycles. The van der Waals surface area contributed by atoms with Gasteiger partial charge in [0.15, 0.2) is 0 Å². The molecule has 3 rings (SSSR count). The molecule has 0 spiro atoms. The number of amides is 2. The van der Waals surface area contributed by atoms with Crippen LogP contribution in [0.15, 0.2) is 46.7 Å². The van der Waals surface area contributed by atoms with E-state index in [9.17, 15) is 19.7 Å². The van der Waals surface area contributed by atoms with Crippen molar-refractivity contribution in [3.05, 3.63) is 67.2 Å². The number of para-hydroxylation sites is 1. The van der Waals surface area contributed by atoms with Gasteiger partial charge in [-0.05, 0) is 29.3 Å². The summed E-state index contributed by atoms with van der Waals surface area (Å²) >= 11 is 2.31. The summed E-state index contributed by atoms with van der Waals surface area (Å²) in [4.78, 5) is 37.2. The van der Waals surface area contributed by atoms with Gasteiger partial charge in [0.25, 0.3) is 16.8 Å². The van der Waals surface area contributed by atoms with E-state index in [-0.39, 0.29) is 12.2 Å². The van der Waals surface area contributed by atoms with Gasteiger partial charge in [-0.2, -0.15) is 0 Å². The minimum atomic E-state index is -0.518. The summed E-state index contributed by atoms with van der Waals surface area (Å²) in [6.07, 6.45) is 1.66. The van der Waals surface area contributed by atoms with Crippen molar-refractivity contribution in [3.63, 3.8) is 0 Å². The molecule has 2 heterocycles. The first kappa shape index (κ1) is 15.4. The Kier molecular flexibility index (Phi) is 4.26. The zero-order valence-corrected chi connectivity index (χ0v) is 13.3. The largest absolute Gasteiger partial charge is 0.293 e. The van der Waals surface area contributed by atoms with Crippen LogP contribution in [0.25, 0.3) is 6.08 Å². The Balaban J connectivity index is 1.86. The second kappa shape index (κ2) is 6.35. The fourth-order valence-corrected chi connectivity index (χ4v) is 3.69. The van der Waals surface area contributed by atoms with Crippen molar-refractivity contribution in [1.29, 1.82) is 0 Å². The molecule has 1 aliphatic rings. The predicted molar refractivity (Wildman–Crippen MR) is 88.9 cm³/mol. The van der Waals surface area contributed by atoms with E-state index in [4.69, 9.17) is 0 Å². The Morgan fingerprint density at radius 2 is 1.96 bits per heavy atom. The first-order valence-electron chi connectivity index (χ1n) is 6.57. The van der Waals surface area contributed by atoms with Gasteiger partial charge < -0.3 is 0 Å². The van der Waals surface area contributed by atoms with Gasteiger partial charge in [-0.1, -0.05) is 24.3 Å². The van der Waals surface area contributed by atoms with Gasteiger partial charge in [-0.3, -0.25) is 24.6 Å². The van der Waals surface area contributed by atoms with Crippen LogP contribution in [0.2, 0.25) is 0 Å². The lowest BCUT2D eigenvalue weighted by molar-refractivity contribution is -0.385. The minimum Gasteiger partial charge on any atom is -0.268 e. The summed E-state index contributed by atoms with van der Waals surface area (Å²) < 4.78 is 0. The second-order valence-corrected chi connectivity index (χ2v) is 6.64. The van der Waals surface area contributed by atoms with E-state index in [0.717, 1.165) is 21.5 Å². The van der Waals surface area contributed by atoms with Crippen LogP contribution in [0.5, 0.6) is 0 Å². The molecule has 0 radical (unpaired) electrons. The molecule has 0 bridgehead atoms. The number of thiophene rings is 1. The van der Waals surface area contributed by atoms with Crippen LogP contribution in [0.1, 0.15) is 10.4 Å². The normalized spacial score (nSPS) is 16.3. The molecule has 8 heteroatoms. The van der Waals surface area contributed by atoms with Crippen molar-refractivity contribution >= 4 is 46.0 Å². The van der Waals surface area contributed by atoms with Crippen molar-refractivity contribution in [2.75, 3.05) is 0 Å². The summed E-state index contributed by atoms with van der Waals surface area (Å²) in [6.45, 7) is -0.108. The third kappa shape index (κ3) is 3.17. The number of hydrogen-bond acceptors (Lipinski definition) is 6. The number of rotatable bonds is 4. The number of benzene rings is 1. The molecule has 116 valence electrons. The summed E-state index contributed by atoms with van der Waals surface area (Å²) in [6, 6.07) is 9.80. The smallest absolute Gasteiger partial charge is 0.268 e. The Morgan fingerprint density at radius 3 is 2.65 bits per heavy atom. The van der Waals surface area contributed by atoms with Crippen molar-refractivity contribution in [1.82, 2.24) is 4.90 Å². The van der Waals surface area contributed by atoms with E-state index >= 15 is 0 Å². The summed E-state index contributed by atoms with van der Waals surface area (Å²) in [5.74, 6) is -0.424. The second-order valence-electron chi connectivity index (χ2n) is 4.67. The highest BCUT2D eigenvalue weighted by Crippen LogP contribution is 2.34. The van der Waals surface area contributed by atoms with E-state index in [1.54, 1.807) is 24.3 Å². The zero-order chi connectivity index (χ0) is 16.4. The Bertz CT molecular complexity index is 815. The van der Waals surface area contributed by atoms with Crippen molar-refractivity contribution in [3.8, 4) is 0 Å². The maximum absolute atomic E-state index is 12.4. The molecule has 1 fully saturated rings. The molecule has 0 unspecified atom stereocenters. The van der Waals surface area contributed by atoms with Crippen molar-refractivity contribution in [2.24, 2.45) is 0 Å². The number of hydrogen-bond donors (Lipinski definition) is 0. The van der Waals surface area contributed by atoms with E-state index < -0.39 is 16.1 Å². The SMILES string of the molecule is O=C1S/C(=C/c2cccs2)C(=O)N1Cc1ccccc1[N+](=O)[O-]. The van der Waals surface area contributed by atoms with Gasteiger partial charge >= 0.3 is 0 Å². The molecule has 2 amide bonds. The maximum Gasteiger partial charge on any atom is 0.293 e. The van der Waals surface area contributed by atoms with Crippen LogP contribution in [0, 0.1) is 10.1 Å². The molecule has 0 aliphatic carbocycles. The highest BCUT2D eigenvalue weighted by atomic mass is 32.2. The molecule has 1 aromatic carbocycles. The lowest BCUT2D eigenvalue weighted by atomic mass is 10.1. The third-order valence-electron chi connectivity index (χ3n) is 3.21. The molecule has 1 aromatic heterocycles. The zero-order valence-electron chi connectivity index (χ0n) is 11.7. The van der Waals surface area contributed by atoms with Crippen molar-refractivity contribution < 1.29 is 14.5 Å². The number of carbonyl (C=O) groups excluding carboxylic acids is 2. The fraction of sp³-hybridized carbons (Fsp3) is 0.0667. The number of nitro groups is 1. The van der Waals surface area contributed by atoms with Gasteiger partial charge in [0.1, 0.15) is 0 Å². The number of carbonyl (C=O) groups is 2. The lowest BCUT2D eigenvalue weighted by Gasteiger charge is -2.12. The average molecular weight is 346 g/mol. The van der Waals surface area contributed by atoms with E-state index in [1.807, 2.05) is 17.5 Å². The fourth-order valence-electron chi connectivity index (χ4n) is 2.13. The standard InChI is InChI=1S/C15H10N2O4S2/c18-14-13(8-11-5-3-7-22-11)23-15(19)16(14)9-10-4-1-2-6-12(10)17(20)21/h1-8H,9H2/b13-8+. The van der Waals surface area contributed by atoms with Crippen LogP contribution in [-0.2, 0) is 11.3 Å². The summed E-state index contributed by atoms with van der Waals surface area (Å²) in [5, 5.41) is 12.5. The molecule has 23 heavy (non-hydrogen) atoms. The number of nitro benzene ring substituents is 1. The molecular formula is C15H10N2O4S2. The minimum absolute atomic E-state index is 0.103. The van der Waals surface area contributed by atoms with Gasteiger partial charge in [0, 0.05) is 16.5 Å². The number of imide groups is 1. The highest BCUT2D eigenvalue weighted by Gasteiger charge is 2.36. The van der Waals surface area contributed by atoms with Gasteiger partial charge in [0.05, 0.1) is 16.4 Å². The van der Waals surface area contributed by atoms with Crippen LogP contribution in [0.4, 0.5) is 10.5 Å². The van der Waals surface area contributed by atoms with Crippen LogP contribution < -0.4 is 0 Å². The maximum atomic E-state index is 12.4. The molecule has 0 atom stereocenters. The predicted octanol–water partition coefficient (Wildman–Crippen LogP) is 3.89. The topological polar surface area (TPSA) is 80.5 Å². The number of nitrogens with zero attached hydrogens (tertiary/aromatic N) is 2. The number of thioether (sulfide) groups is 1. The quantitative estimate of drug-likeness (QED) is 0.476. The average Bonchev–Trinajstić information content (AvgIpc) is 3.12. The first-order chi connectivity index (χ1) is 11.1. The lowest BCUT2D eigenvalue weighted by Crippen LogP contribution is -2.27. The molecule has 0 saturated carbocycles. The van der Waals surface area contributed by atoms with Crippen molar-refractivity contribution in [2.45, 2.75) is 6.54 Å². The van der Waals surface area contributed by atoms with E-state index in [0.29, 0.717) is 10.5 Å². The molecule has 2 aromatic rings. The van der Waals surface area contributed by atoms with E-state index in [2.05, 4.69) is 0 Å². The monoisotopic (exact) mass is 346 g/mol. The molecule has 0 N–H and O–H groups in total. The van der Waals surface area contributed by atoms with Gasteiger partial charge in [-0.25, -0.2) is 0 Å². The highest BCUT2D eigenvalue weighted by molar-refractivity contribution is 8.18. The molecule has 1 saturated heterocycles. The Labute approximate surface area is 139 Å². The molecule has 6 nitrogen and oxygen atoms in total. The van der Waals surface area contributed by atoms with E-state index in [1.165, 1.54) is 17.4 Å². The first-order valence-corrected chi connectivity index (χ1v) is 8.27. The van der Waals surface area contributed by atoms with Gasteiger partial charge in [0.2, 0.25) is 0 Å². The summed E-state index contributed by atoms with van der Waals surface area (Å²) in [5.41, 5.74) is 0.228. The third-order valence-corrected chi connectivity index (χ3v) is 4.93. The van der Waals surface area contributed by atoms with Crippen LogP contribution in [0.3, 0.4) is 0 Å². The van der Waals surface area contributed by atoms with Crippen LogP contribution in [-0.4, -0.2) is 21.0 Å². The Morgan fingerprint density at radius 1 is 1.17 bits per heavy atom. The van der Waals surface area contributed by atoms with Gasteiger partial charge in [-0.15, -0.1) is 11.3 Å². The summed E-state index contributed by atoms with van der Waals surface area (Å²) in [7, 11) is 0. The van der Waals surface area contributed by atoms with Crippen LogP contribution >= 0.6 is 23.1 Å². The molecular weight excluding hydrogens is 336 g/mol. The Hall–Kier alpha value is -2.45.